The number of rotatable bonds is 10. The fraction of sp³-hybridized carbons (Fsp3) is 0.385. The van der Waals surface area contributed by atoms with Crippen LogP contribution in [-0.2, 0) is 11.2 Å². The number of hydrogen-bond acceptors (Lipinski definition) is 6. The maximum absolute atomic E-state index is 14.6. The van der Waals surface area contributed by atoms with Gasteiger partial charge in [-0.1, -0.05) is 0 Å². The van der Waals surface area contributed by atoms with Crippen LogP contribution in [0.1, 0.15) is 12.0 Å². The van der Waals surface area contributed by atoms with Gasteiger partial charge in [-0.05, 0) is 55.3 Å². The Hall–Kier alpha value is -3.37. The van der Waals surface area contributed by atoms with E-state index in [2.05, 4.69) is 4.98 Å². The van der Waals surface area contributed by atoms with E-state index < -0.39 is 29.5 Å². The van der Waals surface area contributed by atoms with Gasteiger partial charge in [0.1, 0.15) is 30.0 Å². The molecule has 1 aliphatic rings. The molecule has 36 heavy (non-hydrogen) atoms. The van der Waals surface area contributed by atoms with Crippen molar-refractivity contribution in [3.05, 3.63) is 65.6 Å². The van der Waals surface area contributed by atoms with Crippen molar-refractivity contribution in [3.8, 4) is 11.5 Å². The van der Waals surface area contributed by atoms with Crippen molar-refractivity contribution in [1.29, 1.82) is 0 Å². The van der Waals surface area contributed by atoms with Crippen LogP contribution in [0.25, 0.3) is 10.9 Å². The molecule has 0 radical (unpaired) electrons. The van der Waals surface area contributed by atoms with Crippen LogP contribution in [0.2, 0.25) is 0 Å². The third-order valence-corrected chi connectivity index (χ3v) is 6.42. The van der Waals surface area contributed by atoms with Gasteiger partial charge in [0.05, 0.1) is 18.8 Å². The van der Waals surface area contributed by atoms with E-state index in [-0.39, 0.29) is 18.9 Å². The van der Waals surface area contributed by atoms with Crippen molar-refractivity contribution in [2.75, 3.05) is 46.4 Å². The summed E-state index contributed by atoms with van der Waals surface area (Å²) >= 11 is 0. The normalized spacial score (nSPS) is 16.8. The minimum atomic E-state index is -0.943. The first-order valence-corrected chi connectivity index (χ1v) is 11.7. The summed E-state index contributed by atoms with van der Waals surface area (Å²) in [5.74, 6) is -2.14. The average molecular weight is 504 g/mol. The second-order valence-electron chi connectivity index (χ2n) is 8.69. The van der Waals surface area contributed by atoms with Gasteiger partial charge in [0.25, 0.3) is 0 Å². The Balaban J connectivity index is 1.32. The molecular formula is C26H28F3N3O4. The zero-order valence-corrected chi connectivity index (χ0v) is 19.9. The second-order valence-corrected chi connectivity index (χ2v) is 8.69. The number of nitrogens with zero attached hydrogens (tertiary/aromatic N) is 3. The minimum absolute atomic E-state index is 0.102. The number of aliphatic carboxylic acids is 1. The molecule has 4 rings (SSSR count). The molecule has 192 valence electrons. The molecule has 1 aliphatic heterocycles. The summed E-state index contributed by atoms with van der Waals surface area (Å²) < 4.78 is 52.2. The maximum Gasteiger partial charge on any atom is 0.322 e. The number of hydrogen-bond donors (Lipinski definition) is 1. The van der Waals surface area contributed by atoms with Gasteiger partial charge in [-0.3, -0.25) is 19.6 Å². The quantitative estimate of drug-likeness (QED) is 0.452. The molecule has 1 N–H and O–H groups in total. The summed E-state index contributed by atoms with van der Waals surface area (Å²) in [7, 11) is 1.55. The van der Waals surface area contributed by atoms with Gasteiger partial charge in [-0.25, -0.2) is 13.2 Å². The summed E-state index contributed by atoms with van der Waals surface area (Å²) in [6, 6.07) is 7.58. The van der Waals surface area contributed by atoms with E-state index in [0.29, 0.717) is 61.2 Å². The van der Waals surface area contributed by atoms with Gasteiger partial charge in [0.2, 0.25) is 0 Å². The molecule has 1 fully saturated rings. The Morgan fingerprint density at radius 2 is 1.94 bits per heavy atom. The second kappa shape index (κ2) is 11.6. The number of halogens is 3. The van der Waals surface area contributed by atoms with Crippen molar-refractivity contribution in [3.63, 3.8) is 0 Å². The fourth-order valence-corrected chi connectivity index (χ4v) is 4.50. The monoisotopic (exact) mass is 503 g/mol. The van der Waals surface area contributed by atoms with E-state index >= 15 is 0 Å². The standard InChI is InChI=1S/C26H28F3N3O4/c1-35-18-5-7-23-20(14-18)19(22(29)15-30-23)3-2-8-32-10-9-31(16-24(32)26(33)34)11-12-36-25-13-17(27)4-6-21(25)28/h4-7,13-15,24H,2-3,8-12,16H2,1H3,(H,33,34)/t24-/m1/s1. The molecule has 7 nitrogen and oxygen atoms in total. The highest BCUT2D eigenvalue weighted by Crippen LogP contribution is 2.26. The van der Waals surface area contributed by atoms with Crippen LogP contribution in [0.4, 0.5) is 13.2 Å². The van der Waals surface area contributed by atoms with Gasteiger partial charge in [-0.15, -0.1) is 0 Å². The highest BCUT2D eigenvalue weighted by molar-refractivity contribution is 5.83. The van der Waals surface area contributed by atoms with Crippen LogP contribution in [0.5, 0.6) is 11.5 Å². The van der Waals surface area contributed by atoms with Crippen LogP contribution in [0, 0.1) is 17.5 Å². The summed E-state index contributed by atoms with van der Waals surface area (Å²) in [6.07, 6.45) is 2.21. The number of aryl methyl sites for hydroxylation is 1. The molecule has 2 heterocycles. The molecule has 0 saturated carbocycles. The number of benzene rings is 2. The predicted octanol–water partition coefficient (Wildman–Crippen LogP) is 3.74. The number of carbonyl (C=O) groups is 1. The molecule has 10 heteroatoms. The molecule has 1 atom stereocenters. The van der Waals surface area contributed by atoms with E-state index in [1.165, 1.54) is 6.20 Å². The number of ether oxygens (including phenoxy) is 2. The fourth-order valence-electron chi connectivity index (χ4n) is 4.50. The van der Waals surface area contributed by atoms with Crippen LogP contribution >= 0.6 is 0 Å². The molecule has 0 spiro atoms. The first-order valence-electron chi connectivity index (χ1n) is 11.7. The summed E-state index contributed by atoms with van der Waals surface area (Å²) in [5, 5.41) is 10.5. The Morgan fingerprint density at radius 1 is 1.11 bits per heavy atom. The number of carboxylic acid groups (broad SMARTS) is 1. The smallest absolute Gasteiger partial charge is 0.322 e. The first-order chi connectivity index (χ1) is 17.4. The number of carboxylic acids is 1. The van der Waals surface area contributed by atoms with Crippen molar-refractivity contribution < 1.29 is 32.5 Å². The van der Waals surface area contributed by atoms with E-state index in [9.17, 15) is 23.1 Å². The van der Waals surface area contributed by atoms with Crippen LogP contribution in [0.15, 0.2) is 42.6 Å². The van der Waals surface area contributed by atoms with Gasteiger partial charge in [-0.2, -0.15) is 0 Å². The van der Waals surface area contributed by atoms with Gasteiger partial charge in [0, 0.05) is 37.6 Å². The topological polar surface area (TPSA) is 75.1 Å². The van der Waals surface area contributed by atoms with Crippen molar-refractivity contribution >= 4 is 16.9 Å². The Morgan fingerprint density at radius 3 is 2.72 bits per heavy atom. The number of piperazine rings is 1. The molecule has 0 amide bonds. The van der Waals surface area contributed by atoms with E-state index in [4.69, 9.17) is 9.47 Å². The molecule has 1 saturated heterocycles. The lowest BCUT2D eigenvalue weighted by Gasteiger charge is -2.39. The molecule has 0 bridgehead atoms. The highest BCUT2D eigenvalue weighted by Gasteiger charge is 2.31. The van der Waals surface area contributed by atoms with Gasteiger partial charge in [0.15, 0.2) is 11.6 Å². The zero-order chi connectivity index (χ0) is 25.7. The summed E-state index contributed by atoms with van der Waals surface area (Å²) in [6.45, 7) is 2.35. The lowest BCUT2D eigenvalue weighted by Crippen LogP contribution is -2.57. The van der Waals surface area contributed by atoms with E-state index in [1.807, 2.05) is 9.80 Å². The number of methoxy groups -OCH3 is 1. The molecule has 1 aromatic heterocycles. The SMILES string of the molecule is COc1ccc2ncc(F)c(CCCN3CCN(CCOc4cc(F)ccc4F)C[C@@H]3C(=O)O)c2c1. The number of fused-ring (bicyclic) bond motifs is 1. The van der Waals surface area contributed by atoms with Crippen LogP contribution in [-0.4, -0.2) is 78.3 Å². The average Bonchev–Trinajstić information content (AvgIpc) is 2.87. The van der Waals surface area contributed by atoms with E-state index in [0.717, 1.165) is 18.2 Å². The number of pyridine rings is 1. The molecule has 0 aliphatic carbocycles. The number of aromatic nitrogens is 1. The Bertz CT molecular complexity index is 1230. The maximum atomic E-state index is 14.6. The summed E-state index contributed by atoms with van der Waals surface area (Å²) in [4.78, 5) is 19.9. The van der Waals surface area contributed by atoms with Crippen molar-refractivity contribution in [1.82, 2.24) is 14.8 Å². The molecule has 2 aromatic carbocycles. The molecule has 3 aromatic rings. The van der Waals surface area contributed by atoms with Crippen molar-refractivity contribution in [2.45, 2.75) is 18.9 Å². The van der Waals surface area contributed by atoms with Gasteiger partial charge >= 0.3 is 5.97 Å². The van der Waals surface area contributed by atoms with Gasteiger partial charge < -0.3 is 14.6 Å². The molecule has 0 unspecified atom stereocenters. The lowest BCUT2D eigenvalue weighted by atomic mass is 10.0. The lowest BCUT2D eigenvalue weighted by molar-refractivity contribution is -0.146. The first kappa shape index (κ1) is 25.7. The Kier molecular flexibility index (Phi) is 8.27. The minimum Gasteiger partial charge on any atom is -0.497 e. The van der Waals surface area contributed by atoms with Crippen LogP contribution < -0.4 is 9.47 Å². The molecular weight excluding hydrogens is 475 g/mol. The van der Waals surface area contributed by atoms with Crippen LogP contribution in [0.3, 0.4) is 0 Å². The predicted molar refractivity (Wildman–Crippen MR) is 128 cm³/mol. The van der Waals surface area contributed by atoms with E-state index in [1.54, 1.807) is 25.3 Å². The largest absolute Gasteiger partial charge is 0.497 e. The summed E-state index contributed by atoms with van der Waals surface area (Å²) in [5.41, 5.74) is 1.20. The third kappa shape index (κ3) is 6.06. The Labute approximate surface area is 207 Å². The third-order valence-electron chi connectivity index (χ3n) is 6.42. The highest BCUT2D eigenvalue weighted by atomic mass is 19.1. The zero-order valence-electron chi connectivity index (χ0n) is 19.9. The van der Waals surface area contributed by atoms with Crippen molar-refractivity contribution in [2.24, 2.45) is 0 Å².